The van der Waals surface area contributed by atoms with Crippen LogP contribution in [0.5, 0.6) is 0 Å². The average Bonchev–Trinajstić information content (AvgIpc) is 2.75. The van der Waals surface area contributed by atoms with Gasteiger partial charge in [0.05, 0.1) is 7.11 Å². The zero-order valence-electron chi connectivity index (χ0n) is 18.9. The summed E-state index contributed by atoms with van der Waals surface area (Å²) in [5.41, 5.74) is 0.398. The highest BCUT2D eigenvalue weighted by Crippen LogP contribution is 2.11. The SMILES string of the molecule is COC(=O)[C@H](CCSC)NC(=O)CCNC(=O)[C@@H](CC(C)C)NC(=O)c1ccc(Cl)cc1. The van der Waals surface area contributed by atoms with Crippen LogP contribution in [0.2, 0.25) is 5.02 Å². The predicted octanol–water partition coefficient (Wildman–Crippen LogP) is 2.40. The van der Waals surface area contributed by atoms with E-state index in [2.05, 4.69) is 16.0 Å². The van der Waals surface area contributed by atoms with Crippen molar-refractivity contribution in [1.29, 1.82) is 0 Å². The first-order chi connectivity index (χ1) is 15.2. The number of rotatable bonds is 13. The van der Waals surface area contributed by atoms with E-state index in [1.54, 1.807) is 36.0 Å². The highest BCUT2D eigenvalue weighted by Gasteiger charge is 2.24. The zero-order valence-corrected chi connectivity index (χ0v) is 20.5. The Morgan fingerprint density at radius 2 is 1.72 bits per heavy atom. The number of amides is 3. The molecule has 0 bridgehead atoms. The second-order valence-corrected chi connectivity index (χ2v) is 9.05. The fourth-order valence-corrected chi connectivity index (χ4v) is 3.46. The van der Waals surface area contributed by atoms with Gasteiger partial charge in [0.25, 0.3) is 5.91 Å². The Labute approximate surface area is 198 Å². The molecule has 0 aromatic heterocycles. The molecular weight excluding hydrogens is 454 g/mol. The molecule has 0 fully saturated rings. The lowest BCUT2D eigenvalue weighted by atomic mass is 10.0. The molecule has 8 nitrogen and oxygen atoms in total. The van der Waals surface area contributed by atoms with Gasteiger partial charge in [-0.05, 0) is 55.0 Å². The van der Waals surface area contributed by atoms with Gasteiger partial charge in [-0.1, -0.05) is 25.4 Å². The highest BCUT2D eigenvalue weighted by molar-refractivity contribution is 7.98. The van der Waals surface area contributed by atoms with E-state index in [9.17, 15) is 19.2 Å². The maximum Gasteiger partial charge on any atom is 0.328 e. The third kappa shape index (κ3) is 10.4. The average molecular weight is 486 g/mol. The van der Waals surface area contributed by atoms with Crippen LogP contribution >= 0.6 is 23.4 Å². The van der Waals surface area contributed by atoms with Crippen LogP contribution < -0.4 is 16.0 Å². The molecule has 0 radical (unpaired) electrons. The fraction of sp³-hybridized carbons (Fsp3) is 0.545. The van der Waals surface area contributed by atoms with Crippen LogP contribution in [0.1, 0.15) is 43.5 Å². The summed E-state index contributed by atoms with van der Waals surface area (Å²) in [7, 11) is 1.27. The standard InChI is InChI=1S/C22H32ClN3O5S/c1-14(2)13-18(26-20(28)15-5-7-16(23)8-6-15)21(29)24-11-9-19(27)25-17(10-12-32-4)22(30)31-3/h5-8,14,17-18H,9-13H2,1-4H3,(H,24,29)(H,25,27)(H,26,28)/t17-,18+/m0/s1. The molecule has 0 spiro atoms. The van der Waals surface area contributed by atoms with Crippen molar-refractivity contribution < 1.29 is 23.9 Å². The Bertz CT molecular complexity index is 773. The van der Waals surface area contributed by atoms with E-state index in [-0.39, 0.29) is 36.6 Å². The summed E-state index contributed by atoms with van der Waals surface area (Å²) in [6, 6.07) is 4.91. The Kier molecular flexibility index (Phi) is 12.8. The second kappa shape index (κ2) is 14.7. The number of ether oxygens (including phenoxy) is 1. The largest absolute Gasteiger partial charge is 0.467 e. The van der Waals surface area contributed by atoms with Crippen LogP contribution in [0.3, 0.4) is 0 Å². The smallest absolute Gasteiger partial charge is 0.328 e. The number of hydrogen-bond donors (Lipinski definition) is 3. The van der Waals surface area contributed by atoms with Gasteiger partial charge in [0.2, 0.25) is 11.8 Å². The van der Waals surface area contributed by atoms with Crippen molar-refractivity contribution in [1.82, 2.24) is 16.0 Å². The van der Waals surface area contributed by atoms with Gasteiger partial charge in [-0.3, -0.25) is 14.4 Å². The third-order valence-corrected chi connectivity index (χ3v) is 5.41. The van der Waals surface area contributed by atoms with Crippen LogP contribution in [-0.2, 0) is 19.1 Å². The summed E-state index contributed by atoms with van der Waals surface area (Å²) in [5, 5.41) is 8.58. The van der Waals surface area contributed by atoms with Crippen LogP contribution in [-0.4, -0.2) is 61.4 Å². The number of esters is 1. The minimum absolute atomic E-state index is 0.00195. The highest BCUT2D eigenvalue weighted by atomic mass is 35.5. The molecule has 0 unspecified atom stereocenters. The molecular formula is C22H32ClN3O5S. The molecule has 0 aliphatic rings. The first kappa shape index (κ1) is 27.8. The first-order valence-corrected chi connectivity index (χ1v) is 12.1. The molecule has 0 heterocycles. The summed E-state index contributed by atoms with van der Waals surface area (Å²) < 4.78 is 4.72. The molecule has 10 heteroatoms. The Balaban J connectivity index is 2.60. The number of hydrogen-bond acceptors (Lipinski definition) is 6. The minimum atomic E-state index is -0.745. The Morgan fingerprint density at radius 3 is 2.28 bits per heavy atom. The van der Waals surface area contributed by atoms with Crippen molar-refractivity contribution >= 4 is 47.1 Å². The van der Waals surface area contributed by atoms with Crippen LogP contribution in [0.25, 0.3) is 0 Å². The lowest BCUT2D eigenvalue weighted by Gasteiger charge is -2.20. The van der Waals surface area contributed by atoms with Gasteiger partial charge in [0.15, 0.2) is 0 Å². The zero-order chi connectivity index (χ0) is 24.1. The van der Waals surface area contributed by atoms with Gasteiger partial charge >= 0.3 is 5.97 Å². The molecule has 0 aliphatic carbocycles. The topological polar surface area (TPSA) is 114 Å². The number of benzene rings is 1. The van der Waals surface area contributed by atoms with Gasteiger partial charge in [-0.2, -0.15) is 11.8 Å². The summed E-state index contributed by atoms with van der Waals surface area (Å²) in [5.74, 6) is -0.765. The number of carbonyl (C=O) groups excluding carboxylic acids is 4. The maximum absolute atomic E-state index is 12.6. The normalized spacial score (nSPS) is 12.6. The van der Waals surface area contributed by atoms with Crippen LogP contribution in [0.4, 0.5) is 0 Å². The molecule has 3 N–H and O–H groups in total. The van der Waals surface area contributed by atoms with E-state index < -0.39 is 18.1 Å². The van der Waals surface area contributed by atoms with Crippen LogP contribution in [0.15, 0.2) is 24.3 Å². The van der Waals surface area contributed by atoms with E-state index in [0.29, 0.717) is 29.2 Å². The molecule has 0 aliphatic heterocycles. The summed E-state index contributed by atoms with van der Waals surface area (Å²) in [6.45, 7) is 3.97. The van der Waals surface area contributed by atoms with Gasteiger partial charge in [0.1, 0.15) is 12.1 Å². The van der Waals surface area contributed by atoms with E-state index in [1.165, 1.54) is 7.11 Å². The number of carbonyl (C=O) groups is 4. The predicted molar refractivity (Wildman–Crippen MR) is 127 cm³/mol. The number of thioether (sulfide) groups is 1. The van der Waals surface area contributed by atoms with Crippen molar-refractivity contribution in [3.05, 3.63) is 34.9 Å². The van der Waals surface area contributed by atoms with Gasteiger partial charge in [-0.25, -0.2) is 4.79 Å². The number of halogens is 1. The molecule has 2 atom stereocenters. The maximum atomic E-state index is 12.6. The van der Waals surface area contributed by atoms with E-state index in [4.69, 9.17) is 16.3 Å². The lowest BCUT2D eigenvalue weighted by Crippen LogP contribution is -2.48. The first-order valence-electron chi connectivity index (χ1n) is 10.4. The second-order valence-electron chi connectivity index (χ2n) is 7.63. The third-order valence-electron chi connectivity index (χ3n) is 4.52. The molecule has 1 aromatic carbocycles. The summed E-state index contributed by atoms with van der Waals surface area (Å²) in [4.78, 5) is 49.1. The van der Waals surface area contributed by atoms with Crippen LogP contribution in [0, 0.1) is 5.92 Å². The molecule has 178 valence electrons. The van der Waals surface area contributed by atoms with Crippen molar-refractivity contribution in [2.45, 2.75) is 45.2 Å². The Hall–Kier alpha value is -2.26. The number of methoxy groups -OCH3 is 1. The molecule has 32 heavy (non-hydrogen) atoms. The minimum Gasteiger partial charge on any atom is -0.467 e. The summed E-state index contributed by atoms with van der Waals surface area (Å²) in [6.07, 6.45) is 2.80. The van der Waals surface area contributed by atoms with Crippen molar-refractivity contribution in [3.8, 4) is 0 Å². The van der Waals surface area contributed by atoms with Gasteiger partial charge in [-0.15, -0.1) is 0 Å². The van der Waals surface area contributed by atoms with Gasteiger partial charge < -0.3 is 20.7 Å². The van der Waals surface area contributed by atoms with E-state index >= 15 is 0 Å². The lowest BCUT2D eigenvalue weighted by molar-refractivity contribution is -0.145. The Morgan fingerprint density at radius 1 is 1.06 bits per heavy atom. The quantitative estimate of drug-likeness (QED) is 0.370. The van der Waals surface area contributed by atoms with Gasteiger partial charge in [0, 0.05) is 23.6 Å². The van der Waals surface area contributed by atoms with Crippen molar-refractivity contribution in [2.24, 2.45) is 5.92 Å². The molecule has 0 saturated carbocycles. The van der Waals surface area contributed by atoms with Crippen molar-refractivity contribution in [2.75, 3.05) is 25.7 Å². The van der Waals surface area contributed by atoms with E-state index in [1.807, 2.05) is 20.1 Å². The molecule has 1 aromatic rings. The monoisotopic (exact) mass is 485 g/mol. The van der Waals surface area contributed by atoms with E-state index in [0.717, 1.165) is 0 Å². The number of nitrogens with one attached hydrogen (secondary N) is 3. The van der Waals surface area contributed by atoms with Crippen molar-refractivity contribution in [3.63, 3.8) is 0 Å². The molecule has 3 amide bonds. The molecule has 1 rings (SSSR count). The summed E-state index contributed by atoms with van der Waals surface area (Å²) >= 11 is 7.41. The fourth-order valence-electron chi connectivity index (χ4n) is 2.86. The molecule has 0 saturated heterocycles.